The van der Waals surface area contributed by atoms with Crippen LogP contribution in [-0.4, -0.2) is 9.90 Å². The lowest BCUT2D eigenvalue weighted by molar-refractivity contribution is -0.144. The molecule has 0 aromatic carbocycles. The minimum Gasteiger partial charge on any atom is -0.304 e. The lowest BCUT2D eigenvalue weighted by Crippen LogP contribution is -2.27. The summed E-state index contributed by atoms with van der Waals surface area (Å²) >= 11 is 3.37. The van der Waals surface area contributed by atoms with Crippen molar-refractivity contribution in [3.63, 3.8) is 0 Å². The summed E-state index contributed by atoms with van der Waals surface area (Å²) in [4.78, 5) is 11.6. The standard InChI is InChI=1S/C15H21BrF3NO/c16-11-6-4-2-1-3-5-7-12-20-13(15(17,18)19)9-8-10-14(20)21/h8-10H,1-7,11-12H2. The summed E-state index contributed by atoms with van der Waals surface area (Å²) in [7, 11) is 0. The van der Waals surface area contributed by atoms with Gasteiger partial charge in [-0.2, -0.15) is 13.2 Å². The highest BCUT2D eigenvalue weighted by Gasteiger charge is 2.33. The average Bonchev–Trinajstić information content (AvgIpc) is 2.42. The molecule has 0 unspecified atom stereocenters. The molecule has 6 heteroatoms. The minimum absolute atomic E-state index is 0.135. The molecule has 1 aromatic heterocycles. The van der Waals surface area contributed by atoms with E-state index in [4.69, 9.17) is 0 Å². The quantitative estimate of drug-likeness (QED) is 0.445. The summed E-state index contributed by atoms with van der Waals surface area (Å²) in [6, 6.07) is 3.29. The third-order valence-corrected chi connectivity index (χ3v) is 3.92. The maximum atomic E-state index is 12.8. The van der Waals surface area contributed by atoms with E-state index in [1.165, 1.54) is 12.5 Å². The zero-order valence-electron chi connectivity index (χ0n) is 12.0. The van der Waals surface area contributed by atoms with Gasteiger partial charge in [0.05, 0.1) is 0 Å². The minimum atomic E-state index is -4.48. The fourth-order valence-electron chi connectivity index (χ4n) is 2.25. The van der Waals surface area contributed by atoms with Crippen molar-refractivity contribution in [2.24, 2.45) is 0 Å². The van der Waals surface area contributed by atoms with Crippen LogP contribution in [0.3, 0.4) is 0 Å². The molecular formula is C15H21BrF3NO. The highest BCUT2D eigenvalue weighted by molar-refractivity contribution is 9.09. The predicted octanol–water partition coefficient (Wildman–Crippen LogP) is 4.99. The number of unbranched alkanes of at least 4 members (excludes halogenated alkanes) is 6. The Labute approximate surface area is 131 Å². The van der Waals surface area contributed by atoms with Gasteiger partial charge in [-0.05, 0) is 18.9 Å². The zero-order valence-corrected chi connectivity index (χ0v) is 13.5. The van der Waals surface area contributed by atoms with E-state index in [2.05, 4.69) is 15.9 Å². The molecule has 0 fully saturated rings. The van der Waals surface area contributed by atoms with Crippen LogP contribution in [-0.2, 0) is 12.7 Å². The van der Waals surface area contributed by atoms with E-state index in [-0.39, 0.29) is 6.54 Å². The monoisotopic (exact) mass is 367 g/mol. The van der Waals surface area contributed by atoms with Gasteiger partial charge in [0, 0.05) is 17.9 Å². The highest BCUT2D eigenvalue weighted by atomic mass is 79.9. The third-order valence-electron chi connectivity index (χ3n) is 3.36. The molecule has 0 saturated heterocycles. The number of rotatable bonds is 9. The van der Waals surface area contributed by atoms with Crippen LogP contribution in [0.25, 0.3) is 0 Å². The highest BCUT2D eigenvalue weighted by Crippen LogP contribution is 2.28. The fourth-order valence-corrected chi connectivity index (χ4v) is 2.64. The maximum absolute atomic E-state index is 12.8. The van der Waals surface area contributed by atoms with Gasteiger partial charge >= 0.3 is 6.18 Å². The second-order valence-electron chi connectivity index (χ2n) is 5.06. The second-order valence-corrected chi connectivity index (χ2v) is 5.86. The summed E-state index contributed by atoms with van der Waals surface area (Å²) < 4.78 is 39.3. The van der Waals surface area contributed by atoms with E-state index >= 15 is 0 Å². The van der Waals surface area contributed by atoms with E-state index in [1.54, 1.807) is 0 Å². The van der Waals surface area contributed by atoms with Crippen LogP contribution in [0.4, 0.5) is 13.2 Å². The largest absolute Gasteiger partial charge is 0.431 e. The maximum Gasteiger partial charge on any atom is 0.431 e. The average molecular weight is 368 g/mol. The van der Waals surface area contributed by atoms with Crippen LogP contribution >= 0.6 is 15.9 Å². The first-order valence-electron chi connectivity index (χ1n) is 7.30. The number of nitrogens with zero attached hydrogens (tertiary/aromatic N) is 1. The summed E-state index contributed by atoms with van der Waals surface area (Å²) in [5, 5.41) is 1.02. The number of halogens is 4. The number of hydrogen-bond donors (Lipinski definition) is 0. The van der Waals surface area contributed by atoms with E-state index in [0.29, 0.717) is 6.42 Å². The Hall–Kier alpha value is -0.780. The SMILES string of the molecule is O=c1cccc(C(F)(F)F)n1CCCCCCCCCBr. The summed E-state index contributed by atoms with van der Waals surface area (Å²) in [6.07, 6.45) is 2.59. The molecule has 0 bridgehead atoms. The molecule has 0 aliphatic heterocycles. The molecule has 2 nitrogen and oxygen atoms in total. The van der Waals surface area contributed by atoms with Crippen LogP contribution in [0.2, 0.25) is 0 Å². The molecule has 21 heavy (non-hydrogen) atoms. The van der Waals surface area contributed by atoms with Gasteiger partial charge in [-0.3, -0.25) is 4.79 Å². The van der Waals surface area contributed by atoms with Crippen molar-refractivity contribution in [3.8, 4) is 0 Å². The first-order valence-corrected chi connectivity index (χ1v) is 8.42. The number of hydrogen-bond acceptors (Lipinski definition) is 1. The van der Waals surface area contributed by atoms with Gasteiger partial charge in [-0.1, -0.05) is 54.1 Å². The van der Waals surface area contributed by atoms with E-state index in [9.17, 15) is 18.0 Å². The van der Waals surface area contributed by atoms with Crippen molar-refractivity contribution in [3.05, 3.63) is 34.2 Å². The summed E-state index contributed by atoms with van der Waals surface area (Å²) in [5.41, 5.74) is -1.44. The van der Waals surface area contributed by atoms with Gasteiger partial charge in [0.25, 0.3) is 5.56 Å². The summed E-state index contributed by atoms with van der Waals surface area (Å²) in [5.74, 6) is 0. The van der Waals surface area contributed by atoms with Gasteiger partial charge in [-0.25, -0.2) is 0 Å². The molecule has 0 spiro atoms. The molecule has 0 amide bonds. The number of aromatic nitrogens is 1. The topological polar surface area (TPSA) is 22.0 Å². The molecule has 120 valence electrons. The molecular weight excluding hydrogens is 347 g/mol. The molecule has 1 rings (SSSR count). The lowest BCUT2D eigenvalue weighted by atomic mass is 10.1. The lowest BCUT2D eigenvalue weighted by Gasteiger charge is -2.14. The van der Waals surface area contributed by atoms with Crippen molar-refractivity contribution < 1.29 is 13.2 Å². The van der Waals surface area contributed by atoms with Crippen molar-refractivity contribution in [2.75, 3.05) is 5.33 Å². The van der Waals surface area contributed by atoms with Crippen molar-refractivity contribution in [1.29, 1.82) is 0 Å². The normalized spacial score (nSPS) is 11.8. The predicted molar refractivity (Wildman–Crippen MR) is 81.8 cm³/mol. The number of pyridine rings is 1. The smallest absolute Gasteiger partial charge is 0.304 e. The molecule has 1 heterocycles. The Bertz CT molecular complexity index is 471. The van der Waals surface area contributed by atoms with E-state index in [1.807, 2.05) is 0 Å². The van der Waals surface area contributed by atoms with Crippen LogP contribution in [0.15, 0.2) is 23.0 Å². The van der Waals surface area contributed by atoms with Gasteiger partial charge in [0.2, 0.25) is 0 Å². The van der Waals surface area contributed by atoms with E-state index < -0.39 is 17.4 Å². The Kier molecular flexibility index (Phi) is 8.07. The van der Waals surface area contributed by atoms with Crippen molar-refractivity contribution >= 4 is 15.9 Å². The first-order chi connectivity index (χ1) is 9.96. The third kappa shape index (κ3) is 6.68. The van der Waals surface area contributed by atoms with E-state index in [0.717, 1.165) is 54.1 Å². The van der Waals surface area contributed by atoms with Gasteiger partial charge < -0.3 is 4.57 Å². The first kappa shape index (κ1) is 18.3. The molecule has 0 saturated carbocycles. The molecule has 0 atom stereocenters. The molecule has 0 radical (unpaired) electrons. The number of alkyl halides is 4. The Balaban J connectivity index is 2.40. The van der Waals surface area contributed by atoms with Gasteiger partial charge in [0.1, 0.15) is 5.69 Å². The Morgan fingerprint density at radius 1 is 0.952 bits per heavy atom. The molecule has 0 aliphatic carbocycles. The fraction of sp³-hybridized carbons (Fsp3) is 0.667. The Morgan fingerprint density at radius 2 is 1.52 bits per heavy atom. The van der Waals surface area contributed by atoms with Crippen LogP contribution < -0.4 is 5.56 Å². The van der Waals surface area contributed by atoms with Crippen molar-refractivity contribution in [2.45, 2.75) is 57.7 Å². The molecule has 0 aliphatic rings. The summed E-state index contributed by atoms with van der Waals surface area (Å²) in [6.45, 7) is 0.135. The van der Waals surface area contributed by atoms with Crippen LogP contribution in [0.5, 0.6) is 0 Å². The van der Waals surface area contributed by atoms with Gasteiger partial charge in [0.15, 0.2) is 0 Å². The van der Waals surface area contributed by atoms with Gasteiger partial charge in [-0.15, -0.1) is 0 Å². The van der Waals surface area contributed by atoms with Crippen LogP contribution in [0, 0.1) is 0 Å². The molecule has 0 N–H and O–H groups in total. The second kappa shape index (κ2) is 9.28. The Morgan fingerprint density at radius 3 is 2.10 bits per heavy atom. The van der Waals surface area contributed by atoms with Crippen LogP contribution in [0.1, 0.15) is 50.6 Å². The zero-order chi connectivity index (χ0) is 15.7. The molecule has 1 aromatic rings. The van der Waals surface area contributed by atoms with Crippen molar-refractivity contribution in [1.82, 2.24) is 4.57 Å².